The molecule has 6 nitrogen and oxygen atoms in total. The standard InChI is InChI=1S/C16H16Cl2N6S/c1-23-14(13(18)8-20-23)9-19-16(25)21-15-6-7-24(22-15)10-11-2-4-12(17)5-3-11/h2-8H,9-10H2,1H3,(H2,19,21,22,25). The molecule has 9 heteroatoms. The number of anilines is 1. The van der Waals surface area contributed by atoms with Gasteiger partial charge in [-0.15, -0.1) is 0 Å². The third kappa shape index (κ3) is 4.72. The van der Waals surface area contributed by atoms with Gasteiger partial charge < -0.3 is 10.6 Å². The molecule has 0 aliphatic carbocycles. The van der Waals surface area contributed by atoms with Crippen LogP contribution >= 0.6 is 35.4 Å². The largest absolute Gasteiger partial charge is 0.357 e. The lowest BCUT2D eigenvalue weighted by Crippen LogP contribution is -2.29. The molecule has 0 saturated carbocycles. The maximum absolute atomic E-state index is 6.07. The summed E-state index contributed by atoms with van der Waals surface area (Å²) in [7, 11) is 1.83. The minimum Gasteiger partial charge on any atom is -0.357 e. The Bertz CT molecular complexity index is 852. The molecule has 130 valence electrons. The first-order chi connectivity index (χ1) is 12.0. The predicted octanol–water partition coefficient (Wildman–Crippen LogP) is 3.46. The maximum atomic E-state index is 6.07. The number of rotatable bonds is 5. The molecule has 0 amide bonds. The molecule has 0 bridgehead atoms. The van der Waals surface area contributed by atoms with E-state index in [1.54, 1.807) is 10.9 Å². The third-order valence-corrected chi connectivity index (χ3v) is 4.38. The summed E-state index contributed by atoms with van der Waals surface area (Å²) in [5.74, 6) is 0.669. The van der Waals surface area contributed by atoms with Gasteiger partial charge in [0, 0.05) is 24.3 Å². The normalized spacial score (nSPS) is 10.7. The maximum Gasteiger partial charge on any atom is 0.172 e. The molecule has 2 heterocycles. The summed E-state index contributed by atoms with van der Waals surface area (Å²) in [6.07, 6.45) is 3.49. The number of nitrogens with one attached hydrogen (secondary N) is 2. The summed E-state index contributed by atoms with van der Waals surface area (Å²) in [6, 6.07) is 9.53. The van der Waals surface area contributed by atoms with Crippen LogP contribution in [0.3, 0.4) is 0 Å². The monoisotopic (exact) mass is 394 g/mol. The number of aromatic nitrogens is 4. The summed E-state index contributed by atoms with van der Waals surface area (Å²) in [4.78, 5) is 0. The Morgan fingerprint density at radius 3 is 2.64 bits per heavy atom. The van der Waals surface area contributed by atoms with Crippen molar-refractivity contribution in [3.63, 3.8) is 0 Å². The number of halogens is 2. The highest BCUT2D eigenvalue weighted by Gasteiger charge is 2.08. The number of thiocarbonyl (C=S) groups is 1. The molecule has 0 unspecified atom stereocenters. The van der Waals surface area contributed by atoms with Gasteiger partial charge in [0.05, 0.1) is 30.0 Å². The minimum atomic E-state index is 0.467. The second-order valence-electron chi connectivity index (χ2n) is 5.40. The quantitative estimate of drug-likeness (QED) is 0.648. The van der Waals surface area contributed by atoms with E-state index in [-0.39, 0.29) is 0 Å². The van der Waals surface area contributed by atoms with Gasteiger partial charge in [0.25, 0.3) is 0 Å². The average molecular weight is 395 g/mol. The van der Waals surface area contributed by atoms with Gasteiger partial charge in [-0.2, -0.15) is 10.2 Å². The van der Waals surface area contributed by atoms with E-state index in [2.05, 4.69) is 20.8 Å². The minimum absolute atomic E-state index is 0.467. The van der Waals surface area contributed by atoms with Crippen molar-refractivity contribution in [2.75, 3.05) is 5.32 Å². The Labute approximate surface area is 160 Å². The second kappa shape index (κ2) is 7.86. The zero-order chi connectivity index (χ0) is 17.8. The molecule has 1 aromatic carbocycles. The van der Waals surface area contributed by atoms with E-state index < -0.39 is 0 Å². The van der Waals surface area contributed by atoms with E-state index in [9.17, 15) is 0 Å². The van der Waals surface area contributed by atoms with Crippen molar-refractivity contribution in [2.24, 2.45) is 7.05 Å². The Hall–Kier alpha value is -2.09. The lowest BCUT2D eigenvalue weighted by Gasteiger charge is -2.09. The van der Waals surface area contributed by atoms with Gasteiger partial charge in [-0.25, -0.2) is 0 Å². The molecular weight excluding hydrogens is 379 g/mol. The zero-order valence-electron chi connectivity index (χ0n) is 13.4. The van der Waals surface area contributed by atoms with E-state index in [1.807, 2.05) is 48.3 Å². The van der Waals surface area contributed by atoms with Crippen LogP contribution in [0.15, 0.2) is 42.7 Å². The van der Waals surface area contributed by atoms with E-state index in [4.69, 9.17) is 35.4 Å². The number of hydrogen-bond acceptors (Lipinski definition) is 3. The van der Waals surface area contributed by atoms with Gasteiger partial charge in [-0.1, -0.05) is 35.3 Å². The Morgan fingerprint density at radius 2 is 1.96 bits per heavy atom. The fourth-order valence-electron chi connectivity index (χ4n) is 2.25. The summed E-state index contributed by atoms with van der Waals surface area (Å²) in [5, 5.41) is 16.5. The van der Waals surface area contributed by atoms with E-state index in [1.165, 1.54) is 0 Å². The first-order valence-corrected chi connectivity index (χ1v) is 8.67. The van der Waals surface area contributed by atoms with Crippen molar-refractivity contribution >= 4 is 46.4 Å². The van der Waals surface area contributed by atoms with Crippen molar-refractivity contribution in [2.45, 2.75) is 13.1 Å². The smallest absolute Gasteiger partial charge is 0.172 e. The van der Waals surface area contributed by atoms with E-state index >= 15 is 0 Å². The van der Waals surface area contributed by atoms with Gasteiger partial charge in [-0.05, 0) is 29.9 Å². The molecule has 0 aliphatic heterocycles. The average Bonchev–Trinajstić information content (AvgIpc) is 3.14. The van der Waals surface area contributed by atoms with Crippen LogP contribution in [0.5, 0.6) is 0 Å². The third-order valence-electron chi connectivity index (χ3n) is 3.57. The summed E-state index contributed by atoms with van der Waals surface area (Å²) in [5.41, 5.74) is 1.98. The zero-order valence-corrected chi connectivity index (χ0v) is 15.7. The molecule has 0 radical (unpaired) electrons. The van der Waals surface area contributed by atoms with Crippen LogP contribution in [0.25, 0.3) is 0 Å². The SMILES string of the molecule is Cn1ncc(Cl)c1CNC(=S)Nc1ccn(Cc2ccc(Cl)cc2)n1. The fraction of sp³-hybridized carbons (Fsp3) is 0.188. The van der Waals surface area contributed by atoms with Crippen LogP contribution in [-0.4, -0.2) is 24.7 Å². The molecule has 2 N–H and O–H groups in total. The van der Waals surface area contributed by atoms with E-state index in [0.717, 1.165) is 16.3 Å². The van der Waals surface area contributed by atoms with Crippen LogP contribution in [0, 0.1) is 0 Å². The molecule has 3 aromatic rings. The topological polar surface area (TPSA) is 59.7 Å². The first kappa shape index (κ1) is 17.7. The van der Waals surface area contributed by atoms with Crippen LogP contribution in [0.2, 0.25) is 10.0 Å². The molecule has 0 saturated heterocycles. The lowest BCUT2D eigenvalue weighted by atomic mass is 10.2. The molecule has 3 rings (SSSR count). The fourth-order valence-corrected chi connectivity index (χ4v) is 2.79. The second-order valence-corrected chi connectivity index (χ2v) is 6.65. The molecule has 0 atom stereocenters. The van der Waals surface area contributed by atoms with E-state index in [0.29, 0.717) is 29.0 Å². The number of nitrogens with zero attached hydrogens (tertiary/aromatic N) is 4. The Kier molecular flexibility index (Phi) is 5.57. The van der Waals surface area contributed by atoms with Crippen LogP contribution < -0.4 is 10.6 Å². The van der Waals surface area contributed by atoms with Crippen molar-refractivity contribution in [1.82, 2.24) is 24.9 Å². The van der Waals surface area contributed by atoms with Gasteiger partial charge >= 0.3 is 0 Å². The van der Waals surface area contributed by atoms with Gasteiger partial charge in [-0.3, -0.25) is 9.36 Å². The van der Waals surface area contributed by atoms with Crippen molar-refractivity contribution in [3.8, 4) is 0 Å². The molecule has 2 aromatic heterocycles. The molecule has 0 fully saturated rings. The predicted molar refractivity (Wildman–Crippen MR) is 104 cm³/mol. The van der Waals surface area contributed by atoms with Gasteiger partial charge in [0.15, 0.2) is 10.9 Å². The summed E-state index contributed by atoms with van der Waals surface area (Å²) < 4.78 is 3.53. The number of benzene rings is 1. The number of hydrogen-bond donors (Lipinski definition) is 2. The molecular formula is C16H16Cl2N6S. The van der Waals surface area contributed by atoms with Crippen molar-refractivity contribution < 1.29 is 0 Å². The summed E-state index contributed by atoms with van der Waals surface area (Å²) in [6.45, 7) is 1.14. The van der Waals surface area contributed by atoms with Crippen LogP contribution in [-0.2, 0) is 20.1 Å². The highest BCUT2D eigenvalue weighted by atomic mass is 35.5. The molecule has 0 aliphatic rings. The van der Waals surface area contributed by atoms with Crippen LogP contribution in [0.1, 0.15) is 11.3 Å². The van der Waals surface area contributed by atoms with Crippen molar-refractivity contribution in [1.29, 1.82) is 0 Å². The first-order valence-electron chi connectivity index (χ1n) is 7.50. The van der Waals surface area contributed by atoms with Gasteiger partial charge in [0.2, 0.25) is 0 Å². The highest BCUT2D eigenvalue weighted by Crippen LogP contribution is 2.14. The van der Waals surface area contributed by atoms with Crippen LogP contribution in [0.4, 0.5) is 5.82 Å². The number of aryl methyl sites for hydroxylation is 1. The van der Waals surface area contributed by atoms with Gasteiger partial charge in [0.1, 0.15) is 0 Å². The summed E-state index contributed by atoms with van der Waals surface area (Å²) >= 11 is 17.3. The molecule has 25 heavy (non-hydrogen) atoms. The Balaban J connectivity index is 1.54. The van der Waals surface area contributed by atoms with Crippen molar-refractivity contribution in [3.05, 3.63) is 64.0 Å². The Morgan fingerprint density at radius 1 is 1.20 bits per heavy atom. The highest BCUT2D eigenvalue weighted by molar-refractivity contribution is 7.80. The lowest BCUT2D eigenvalue weighted by molar-refractivity contribution is 0.688. The molecule has 0 spiro atoms.